The summed E-state index contributed by atoms with van der Waals surface area (Å²) >= 11 is 0. The van der Waals surface area contributed by atoms with Gasteiger partial charge in [0.1, 0.15) is 11.6 Å². The van der Waals surface area contributed by atoms with E-state index >= 15 is 0 Å². The fourth-order valence-electron chi connectivity index (χ4n) is 3.46. The van der Waals surface area contributed by atoms with E-state index in [-0.39, 0.29) is 5.82 Å². The summed E-state index contributed by atoms with van der Waals surface area (Å²) in [5, 5.41) is 10.9. The Balaban J connectivity index is 1.70. The molecule has 3 rings (SSSR count). The van der Waals surface area contributed by atoms with Gasteiger partial charge in [0.25, 0.3) is 0 Å². The number of nitrogens with zero attached hydrogens (tertiary/aromatic N) is 1. The number of likely N-dealkylation sites (tertiary alicyclic amines) is 1. The van der Waals surface area contributed by atoms with Gasteiger partial charge in [0.05, 0.1) is 12.7 Å². The second kappa shape index (κ2) is 6.91. The van der Waals surface area contributed by atoms with Crippen molar-refractivity contribution in [2.45, 2.75) is 31.9 Å². The van der Waals surface area contributed by atoms with Gasteiger partial charge in [-0.15, -0.1) is 0 Å². The summed E-state index contributed by atoms with van der Waals surface area (Å²) in [6.45, 7) is 4.29. The summed E-state index contributed by atoms with van der Waals surface area (Å²) in [5.41, 5.74) is 1.69. The molecule has 3 nitrogen and oxygen atoms in total. The Bertz CT molecular complexity index is 709. The van der Waals surface area contributed by atoms with Crippen molar-refractivity contribution in [3.63, 3.8) is 0 Å². The summed E-state index contributed by atoms with van der Waals surface area (Å²) in [6, 6.07) is 12.7. The highest BCUT2D eigenvalue weighted by atomic mass is 19.1. The van der Waals surface area contributed by atoms with Gasteiger partial charge in [-0.3, -0.25) is 4.90 Å². The Morgan fingerprint density at radius 3 is 2.54 bits per heavy atom. The topological polar surface area (TPSA) is 32.7 Å². The molecule has 0 spiro atoms. The largest absolute Gasteiger partial charge is 0.496 e. The average molecular weight is 329 g/mol. The van der Waals surface area contributed by atoms with E-state index < -0.39 is 5.60 Å². The minimum Gasteiger partial charge on any atom is -0.496 e. The van der Waals surface area contributed by atoms with Crippen LogP contribution in [0.15, 0.2) is 42.5 Å². The molecule has 1 fully saturated rings. The van der Waals surface area contributed by atoms with Crippen molar-refractivity contribution in [2.24, 2.45) is 0 Å². The molecule has 0 saturated carbocycles. The van der Waals surface area contributed by atoms with Crippen molar-refractivity contribution in [3.05, 3.63) is 65.0 Å². The first-order valence-corrected chi connectivity index (χ1v) is 8.35. The molecule has 1 aliphatic rings. The Kier molecular flexibility index (Phi) is 4.88. The lowest BCUT2D eigenvalue weighted by molar-refractivity contribution is -0.0303. The Labute approximate surface area is 142 Å². The molecule has 0 aliphatic carbocycles. The summed E-state index contributed by atoms with van der Waals surface area (Å²) in [5.74, 6) is 0.560. The first-order valence-electron chi connectivity index (χ1n) is 8.35. The number of rotatable bonds is 4. The first kappa shape index (κ1) is 16.9. The molecule has 0 bridgehead atoms. The van der Waals surface area contributed by atoms with Gasteiger partial charge in [-0.1, -0.05) is 35.9 Å². The fraction of sp³-hybridized carbons (Fsp3) is 0.400. The van der Waals surface area contributed by atoms with Gasteiger partial charge in [-0.05, 0) is 31.9 Å². The lowest BCUT2D eigenvalue weighted by Crippen LogP contribution is -2.42. The molecule has 0 radical (unpaired) electrons. The molecule has 24 heavy (non-hydrogen) atoms. The maximum Gasteiger partial charge on any atom is 0.129 e. The van der Waals surface area contributed by atoms with Crippen LogP contribution >= 0.6 is 0 Å². The van der Waals surface area contributed by atoms with Gasteiger partial charge < -0.3 is 9.84 Å². The summed E-state index contributed by atoms with van der Waals surface area (Å²) < 4.78 is 19.5. The minimum atomic E-state index is -1.07. The molecular formula is C20H24FNO2. The van der Waals surface area contributed by atoms with Crippen molar-refractivity contribution in [3.8, 4) is 5.75 Å². The van der Waals surface area contributed by atoms with Crippen LogP contribution in [-0.4, -0.2) is 30.2 Å². The lowest BCUT2D eigenvalue weighted by atomic mass is 9.84. The molecule has 1 saturated heterocycles. The molecule has 0 aromatic heterocycles. The number of hydrogen-bond acceptors (Lipinski definition) is 3. The number of hydrogen-bond donors (Lipinski definition) is 1. The zero-order valence-electron chi connectivity index (χ0n) is 14.3. The highest BCUT2D eigenvalue weighted by Crippen LogP contribution is 2.35. The predicted molar refractivity (Wildman–Crippen MR) is 92.5 cm³/mol. The maximum absolute atomic E-state index is 14.0. The van der Waals surface area contributed by atoms with Crippen LogP contribution in [0, 0.1) is 12.7 Å². The summed E-state index contributed by atoms with van der Waals surface area (Å²) in [4.78, 5) is 2.28. The molecule has 2 aromatic rings. The third-order valence-electron chi connectivity index (χ3n) is 4.89. The second-order valence-corrected chi connectivity index (χ2v) is 6.60. The van der Waals surface area contributed by atoms with Gasteiger partial charge in [0.2, 0.25) is 0 Å². The zero-order chi connectivity index (χ0) is 17.2. The molecule has 4 heteroatoms. The minimum absolute atomic E-state index is 0.325. The van der Waals surface area contributed by atoms with Crippen molar-refractivity contribution in [1.82, 2.24) is 4.90 Å². The van der Waals surface area contributed by atoms with Gasteiger partial charge in [-0.25, -0.2) is 4.39 Å². The van der Waals surface area contributed by atoms with Crippen molar-refractivity contribution in [2.75, 3.05) is 20.2 Å². The summed E-state index contributed by atoms with van der Waals surface area (Å²) in [6.07, 6.45) is 1.06. The standard InChI is InChI=1S/C20H24FNO2/c1-15-7-8-19(24-2)16(13-15)14-22-11-9-20(23,10-12-22)17-5-3-4-6-18(17)21/h3-8,13,23H,9-12,14H2,1-2H3. The molecule has 0 unspecified atom stereocenters. The van der Waals surface area contributed by atoms with Gasteiger partial charge in [-0.2, -0.15) is 0 Å². The van der Waals surface area contributed by atoms with Gasteiger partial charge >= 0.3 is 0 Å². The lowest BCUT2D eigenvalue weighted by Gasteiger charge is -2.38. The van der Waals surface area contributed by atoms with Crippen LogP contribution in [-0.2, 0) is 12.1 Å². The SMILES string of the molecule is COc1ccc(C)cc1CN1CCC(O)(c2ccccc2F)CC1. The number of aliphatic hydroxyl groups is 1. The Morgan fingerprint density at radius 2 is 1.88 bits per heavy atom. The quantitative estimate of drug-likeness (QED) is 0.930. The highest BCUT2D eigenvalue weighted by molar-refractivity contribution is 5.37. The molecular weight excluding hydrogens is 305 g/mol. The zero-order valence-corrected chi connectivity index (χ0v) is 14.3. The monoisotopic (exact) mass is 329 g/mol. The first-order chi connectivity index (χ1) is 11.5. The van der Waals surface area contributed by atoms with Crippen LogP contribution in [0.2, 0.25) is 0 Å². The molecule has 128 valence electrons. The third-order valence-corrected chi connectivity index (χ3v) is 4.89. The molecule has 0 amide bonds. The molecule has 0 atom stereocenters. The number of ether oxygens (including phenoxy) is 1. The number of benzene rings is 2. The maximum atomic E-state index is 14.0. The van der Waals surface area contributed by atoms with Crippen molar-refractivity contribution in [1.29, 1.82) is 0 Å². The fourth-order valence-corrected chi connectivity index (χ4v) is 3.46. The molecule has 2 aromatic carbocycles. The van der Waals surface area contributed by atoms with E-state index in [0.717, 1.165) is 30.9 Å². The van der Waals surface area contributed by atoms with Gasteiger partial charge in [0.15, 0.2) is 0 Å². The third kappa shape index (κ3) is 3.45. The van der Waals surface area contributed by atoms with Crippen LogP contribution in [0.1, 0.15) is 29.5 Å². The van der Waals surface area contributed by atoms with E-state index in [1.165, 1.54) is 11.6 Å². The van der Waals surface area contributed by atoms with E-state index in [1.54, 1.807) is 25.3 Å². The van der Waals surface area contributed by atoms with Crippen LogP contribution in [0.25, 0.3) is 0 Å². The predicted octanol–water partition coefficient (Wildman–Crippen LogP) is 3.63. The Hall–Kier alpha value is -1.91. The van der Waals surface area contributed by atoms with Crippen LogP contribution in [0.4, 0.5) is 4.39 Å². The second-order valence-electron chi connectivity index (χ2n) is 6.60. The van der Waals surface area contributed by atoms with Crippen LogP contribution < -0.4 is 4.74 Å². The normalized spacial score (nSPS) is 17.7. The smallest absolute Gasteiger partial charge is 0.129 e. The van der Waals surface area contributed by atoms with E-state index in [2.05, 4.69) is 17.9 Å². The Morgan fingerprint density at radius 1 is 1.17 bits per heavy atom. The number of piperidine rings is 1. The molecule has 1 aliphatic heterocycles. The highest BCUT2D eigenvalue weighted by Gasteiger charge is 2.35. The number of methoxy groups -OCH3 is 1. The molecule has 1 heterocycles. The van der Waals surface area contributed by atoms with E-state index in [1.807, 2.05) is 12.1 Å². The van der Waals surface area contributed by atoms with Crippen LogP contribution in [0.3, 0.4) is 0 Å². The average Bonchev–Trinajstić information content (AvgIpc) is 2.58. The van der Waals surface area contributed by atoms with E-state index in [4.69, 9.17) is 4.74 Å². The van der Waals surface area contributed by atoms with Crippen LogP contribution in [0.5, 0.6) is 5.75 Å². The van der Waals surface area contributed by atoms with E-state index in [9.17, 15) is 9.50 Å². The number of aryl methyl sites for hydroxylation is 1. The number of halogens is 1. The summed E-state index contributed by atoms with van der Waals surface area (Å²) in [7, 11) is 1.68. The van der Waals surface area contributed by atoms with Gasteiger partial charge in [0, 0.05) is 30.8 Å². The molecule has 1 N–H and O–H groups in total. The van der Waals surface area contributed by atoms with Crippen molar-refractivity contribution < 1.29 is 14.2 Å². The van der Waals surface area contributed by atoms with Crippen molar-refractivity contribution >= 4 is 0 Å². The van der Waals surface area contributed by atoms with E-state index in [0.29, 0.717) is 18.4 Å².